The van der Waals surface area contributed by atoms with Crippen molar-refractivity contribution in [2.45, 2.75) is 32.6 Å². The van der Waals surface area contributed by atoms with E-state index < -0.39 is 13.1 Å². The zero-order chi connectivity index (χ0) is 13.7. The van der Waals surface area contributed by atoms with E-state index in [2.05, 4.69) is 0 Å². The highest BCUT2D eigenvalue weighted by atomic mass is 16.4. The van der Waals surface area contributed by atoms with E-state index in [1.54, 1.807) is 18.2 Å². The van der Waals surface area contributed by atoms with Crippen molar-refractivity contribution in [2.75, 3.05) is 0 Å². The van der Waals surface area contributed by atoms with Crippen molar-refractivity contribution < 1.29 is 19.9 Å². The van der Waals surface area contributed by atoms with E-state index >= 15 is 0 Å². The van der Waals surface area contributed by atoms with Crippen LogP contribution in [0.3, 0.4) is 0 Å². The molecule has 98 valence electrons. The summed E-state index contributed by atoms with van der Waals surface area (Å²) in [6, 6.07) is 6.98. The fourth-order valence-corrected chi connectivity index (χ4v) is 2.03. The van der Waals surface area contributed by atoms with Crippen molar-refractivity contribution in [3.8, 4) is 0 Å². The first-order valence-electron chi connectivity index (χ1n) is 6.14. The molecule has 2 atom stereocenters. The van der Waals surface area contributed by atoms with Gasteiger partial charge in [0.1, 0.15) is 0 Å². The molecule has 1 rings (SSSR count). The highest BCUT2D eigenvalue weighted by molar-refractivity contribution is 6.58. The molecule has 0 heterocycles. The van der Waals surface area contributed by atoms with Crippen molar-refractivity contribution in [3.05, 3.63) is 29.8 Å². The minimum atomic E-state index is -1.49. The Labute approximate surface area is 107 Å². The van der Waals surface area contributed by atoms with Crippen LogP contribution in [0.1, 0.15) is 38.2 Å². The third-order valence-electron chi connectivity index (χ3n) is 3.26. The summed E-state index contributed by atoms with van der Waals surface area (Å²) in [6.45, 7) is 3.81. The molecule has 0 aliphatic rings. The molecule has 5 heteroatoms. The van der Waals surface area contributed by atoms with Crippen LogP contribution in [0.5, 0.6) is 0 Å². The van der Waals surface area contributed by atoms with Crippen LogP contribution in [0.4, 0.5) is 0 Å². The predicted octanol–water partition coefficient (Wildman–Crippen LogP) is 0.971. The summed E-state index contributed by atoms with van der Waals surface area (Å²) in [4.78, 5) is 11.0. The lowest BCUT2D eigenvalue weighted by atomic mass is 9.78. The van der Waals surface area contributed by atoms with Crippen LogP contribution in [0, 0.1) is 5.92 Å². The molecule has 0 bridgehead atoms. The van der Waals surface area contributed by atoms with Crippen LogP contribution in [-0.2, 0) is 4.79 Å². The Kier molecular flexibility index (Phi) is 5.37. The average Bonchev–Trinajstić information content (AvgIpc) is 2.35. The van der Waals surface area contributed by atoms with E-state index in [1.165, 1.54) is 0 Å². The molecule has 2 unspecified atom stereocenters. The van der Waals surface area contributed by atoms with Crippen LogP contribution < -0.4 is 5.46 Å². The van der Waals surface area contributed by atoms with E-state index in [0.717, 1.165) is 5.56 Å². The standard InChI is InChI=1S/C13H19BO4/c1-3-10(13(15)16)7-9(2)11-5-4-6-12(8-11)14(17)18/h4-6,8-10,17-18H,3,7H2,1-2H3,(H,15,16). The molecule has 0 aliphatic carbocycles. The summed E-state index contributed by atoms with van der Waals surface area (Å²) in [5.74, 6) is -1.06. The monoisotopic (exact) mass is 250 g/mol. The fourth-order valence-electron chi connectivity index (χ4n) is 2.03. The zero-order valence-corrected chi connectivity index (χ0v) is 10.7. The first kappa shape index (κ1) is 14.7. The molecule has 3 N–H and O–H groups in total. The van der Waals surface area contributed by atoms with E-state index in [9.17, 15) is 4.79 Å². The van der Waals surface area contributed by atoms with Gasteiger partial charge in [-0.15, -0.1) is 0 Å². The van der Waals surface area contributed by atoms with Gasteiger partial charge < -0.3 is 15.2 Å². The second-order valence-corrected chi connectivity index (χ2v) is 4.62. The van der Waals surface area contributed by atoms with Gasteiger partial charge in [0.2, 0.25) is 0 Å². The van der Waals surface area contributed by atoms with E-state index in [0.29, 0.717) is 18.3 Å². The van der Waals surface area contributed by atoms with Gasteiger partial charge in [0.05, 0.1) is 5.92 Å². The summed E-state index contributed by atoms with van der Waals surface area (Å²) in [5, 5.41) is 27.2. The van der Waals surface area contributed by atoms with Crippen molar-refractivity contribution in [1.29, 1.82) is 0 Å². The Hall–Kier alpha value is -1.33. The molecule has 0 saturated heterocycles. The third kappa shape index (κ3) is 3.86. The Balaban J connectivity index is 2.80. The molecular weight excluding hydrogens is 231 g/mol. The Bertz CT molecular complexity index is 406. The first-order valence-corrected chi connectivity index (χ1v) is 6.14. The second kappa shape index (κ2) is 6.57. The summed E-state index contributed by atoms with van der Waals surface area (Å²) >= 11 is 0. The quantitative estimate of drug-likeness (QED) is 0.657. The molecule has 1 aromatic carbocycles. The summed E-state index contributed by atoms with van der Waals surface area (Å²) in [7, 11) is -1.49. The third-order valence-corrected chi connectivity index (χ3v) is 3.26. The molecular formula is C13H19BO4. The number of carboxylic acid groups (broad SMARTS) is 1. The number of benzene rings is 1. The van der Waals surface area contributed by atoms with Gasteiger partial charge in [-0.3, -0.25) is 4.79 Å². The fraction of sp³-hybridized carbons (Fsp3) is 0.462. The Morgan fingerprint density at radius 3 is 2.56 bits per heavy atom. The van der Waals surface area contributed by atoms with E-state index in [4.69, 9.17) is 15.2 Å². The van der Waals surface area contributed by atoms with Crippen LogP contribution in [0.15, 0.2) is 24.3 Å². The normalized spacial score (nSPS) is 14.0. The Morgan fingerprint density at radius 1 is 1.39 bits per heavy atom. The van der Waals surface area contributed by atoms with Crippen LogP contribution in [-0.4, -0.2) is 28.2 Å². The molecule has 0 radical (unpaired) electrons. The van der Waals surface area contributed by atoms with Gasteiger partial charge in [0.25, 0.3) is 0 Å². The molecule has 0 fully saturated rings. The summed E-state index contributed by atoms with van der Waals surface area (Å²) in [6.07, 6.45) is 1.15. The van der Waals surface area contributed by atoms with Gasteiger partial charge in [0, 0.05) is 0 Å². The topological polar surface area (TPSA) is 77.8 Å². The number of carbonyl (C=O) groups is 1. The van der Waals surface area contributed by atoms with Crippen molar-refractivity contribution in [2.24, 2.45) is 5.92 Å². The summed E-state index contributed by atoms with van der Waals surface area (Å²) in [5.41, 5.74) is 1.36. The number of rotatable bonds is 6. The molecule has 0 aliphatic heterocycles. The largest absolute Gasteiger partial charge is 0.488 e. The number of aliphatic carboxylic acids is 1. The van der Waals surface area contributed by atoms with Gasteiger partial charge in [-0.1, -0.05) is 38.1 Å². The molecule has 0 amide bonds. The van der Waals surface area contributed by atoms with Gasteiger partial charge in [-0.2, -0.15) is 0 Å². The smallest absolute Gasteiger partial charge is 0.481 e. The van der Waals surface area contributed by atoms with Crippen LogP contribution in [0.25, 0.3) is 0 Å². The second-order valence-electron chi connectivity index (χ2n) is 4.62. The van der Waals surface area contributed by atoms with E-state index in [1.807, 2.05) is 19.9 Å². The van der Waals surface area contributed by atoms with Gasteiger partial charge in [0.15, 0.2) is 0 Å². The van der Waals surface area contributed by atoms with E-state index in [-0.39, 0.29) is 11.8 Å². The minimum absolute atomic E-state index is 0.0738. The van der Waals surface area contributed by atoms with Gasteiger partial charge in [-0.25, -0.2) is 0 Å². The number of hydrogen-bond acceptors (Lipinski definition) is 3. The summed E-state index contributed by atoms with van der Waals surface area (Å²) < 4.78 is 0. The average molecular weight is 250 g/mol. The highest BCUT2D eigenvalue weighted by Gasteiger charge is 2.20. The molecule has 1 aromatic rings. The molecule has 0 aromatic heterocycles. The van der Waals surface area contributed by atoms with Crippen molar-refractivity contribution >= 4 is 18.6 Å². The van der Waals surface area contributed by atoms with Crippen LogP contribution in [0.2, 0.25) is 0 Å². The van der Waals surface area contributed by atoms with Gasteiger partial charge in [-0.05, 0) is 29.8 Å². The SMILES string of the molecule is CCC(CC(C)c1cccc(B(O)O)c1)C(=O)O. The molecule has 18 heavy (non-hydrogen) atoms. The zero-order valence-electron chi connectivity index (χ0n) is 10.7. The lowest BCUT2D eigenvalue weighted by Gasteiger charge is -2.17. The maximum Gasteiger partial charge on any atom is 0.488 e. The predicted molar refractivity (Wildman–Crippen MR) is 70.7 cm³/mol. The maximum absolute atomic E-state index is 11.0. The number of hydrogen-bond donors (Lipinski definition) is 3. The molecule has 0 saturated carbocycles. The first-order chi connectivity index (χ1) is 8.45. The highest BCUT2D eigenvalue weighted by Crippen LogP contribution is 2.24. The lowest BCUT2D eigenvalue weighted by Crippen LogP contribution is -2.30. The molecule has 4 nitrogen and oxygen atoms in total. The maximum atomic E-state index is 11.0. The van der Waals surface area contributed by atoms with Crippen LogP contribution >= 0.6 is 0 Å². The minimum Gasteiger partial charge on any atom is -0.481 e. The number of carboxylic acids is 1. The molecule has 0 spiro atoms. The lowest BCUT2D eigenvalue weighted by molar-refractivity contribution is -0.142. The Morgan fingerprint density at radius 2 is 2.06 bits per heavy atom. The van der Waals surface area contributed by atoms with Crippen molar-refractivity contribution in [3.63, 3.8) is 0 Å². The van der Waals surface area contributed by atoms with Gasteiger partial charge >= 0.3 is 13.1 Å². The van der Waals surface area contributed by atoms with Crippen molar-refractivity contribution in [1.82, 2.24) is 0 Å².